The zero-order chi connectivity index (χ0) is 13.0. The standard InChI is InChI=1S/C13H18N2O3/c1-14-12-8-11(4-5-13(12)15(16)17)9-18-7-6-10-2-3-10/h4-5,8,10,14H,2-3,6-7,9H2,1H3. The Labute approximate surface area is 106 Å². The maximum absolute atomic E-state index is 10.8. The van der Waals surface area contributed by atoms with Crippen LogP contribution in [0.15, 0.2) is 18.2 Å². The van der Waals surface area contributed by atoms with Crippen molar-refractivity contribution < 1.29 is 9.66 Å². The zero-order valence-electron chi connectivity index (χ0n) is 10.5. The molecular formula is C13H18N2O3. The molecule has 0 aromatic heterocycles. The fourth-order valence-electron chi connectivity index (χ4n) is 1.88. The smallest absolute Gasteiger partial charge is 0.292 e. The highest BCUT2D eigenvalue weighted by atomic mass is 16.6. The Morgan fingerprint density at radius 1 is 1.50 bits per heavy atom. The van der Waals surface area contributed by atoms with Crippen LogP contribution in [0.4, 0.5) is 11.4 Å². The van der Waals surface area contributed by atoms with E-state index in [4.69, 9.17) is 4.74 Å². The highest BCUT2D eigenvalue weighted by molar-refractivity contribution is 5.62. The summed E-state index contributed by atoms with van der Waals surface area (Å²) in [6, 6.07) is 5.04. The average molecular weight is 250 g/mol. The van der Waals surface area contributed by atoms with Gasteiger partial charge >= 0.3 is 0 Å². The van der Waals surface area contributed by atoms with Gasteiger partial charge in [-0.3, -0.25) is 10.1 Å². The summed E-state index contributed by atoms with van der Waals surface area (Å²) >= 11 is 0. The Kier molecular flexibility index (Phi) is 4.15. The Morgan fingerprint density at radius 3 is 2.89 bits per heavy atom. The lowest BCUT2D eigenvalue weighted by molar-refractivity contribution is -0.384. The fraction of sp³-hybridized carbons (Fsp3) is 0.538. The second-order valence-corrected chi connectivity index (χ2v) is 4.64. The van der Waals surface area contributed by atoms with Crippen LogP contribution in [0.1, 0.15) is 24.8 Å². The number of nitro groups is 1. The monoisotopic (exact) mass is 250 g/mol. The molecule has 1 saturated carbocycles. The zero-order valence-corrected chi connectivity index (χ0v) is 10.5. The SMILES string of the molecule is CNc1cc(COCCC2CC2)ccc1[N+](=O)[O-]. The summed E-state index contributed by atoms with van der Waals surface area (Å²) in [5, 5.41) is 13.6. The van der Waals surface area contributed by atoms with Crippen molar-refractivity contribution in [3.63, 3.8) is 0 Å². The van der Waals surface area contributed by atoms with Crippen LogP contribution in [0, 0.1) is 16.0 Å². The molecule has 1 aromatic carbocycles. The molecular weight excluding hydrogens is 232 g/mol. The molecule has 1 aliphatic rings. The number of benzene rings is 1. The fourth-order valence-corrected chi connectivity index (χ4v) is 1.88. The van der Waals surface area contributed by atoms with E-state index >= 15 is 0 Å². The second kappa shape index (κ2) is 5.82. The van der Waals surface area contributed by atoms with Crippen LogP contribution in [0.2, 0.25) is 0 Å². The Morgan fingerprint density at radius 2 is 2.28 bits per heavy atom. The highest BCUT2D eigenvalue weighted by Gasteiger charge is 2.20. The Balaban J connectivity index is 1.89. The van der Waals surface area contributed by atoms with Crippen molar-refractivity contribution in [3.8, 4) is 0 Å². The van der Waals surface area contributed by atoms with Crippen molar-refractivity contribution in [1.82, 2.24) is 0 Å². The number of hydrogen-bond donors (Lipinski definition) is 1. The summed E-state index contributed by atoms with van der Waals surface area (Å²) in [5.41, 5.74) is 1.59. The summed E-state index contributed by atoms with van der Waals surface area (Å²) in [6.45, 7) is 1.29. The first kappa shape index (κ1) is 12.8. The average Bonchev–Trinajstić information content (AvgIpc) is 3.18. The van der Waals surface area contributed by atoms with Gasteiger partial charge in [-0.05, 0) is 30.0 Å². The third-order valence-corrected chi connectivity index (χ3v) is 3.16. The number of rotatable bonds is 7. The lowest BCUT2D eigenvalue weighted by Crippen LogP contribution is -2.00. The predicted molar refractivity (Wildman–Crippen MR) is 69.6 cm³/mol. The second-order valence-electron chi connectivity index (χ2n) is 4.64. The van der Waals surface area contributed by atoms with Gasteiger partial charge in [-0.2, -0.15) is 0 Å². The van der Waals surface area contributed by atoms with E-state index in [-0.39, 0.29) is 10.6 Å². The van der Waals surface area contributed by atoms with Crippen LogP contribution in [0.25, 0.3) is 0 Å². The van der Waals surface area contributed by atoms with Gasteiger partial charge in [0.05, 0.1) is 11.5 Å². The number of nitro benzene ring substituents is 1. The molecule has 0 saturated heterocycles. The van der Waals surface area contributed by atoms with Crippen LogP contribution < -0.4 is 5.32 Å². The molecule has 2 rings (SSSR count). The molecule has 0 atom stereocenters. The van der Waals surface area contributed by atoms with Crippen molar-refractivity contribution in [2.45, 2.75) is 25.9 Å². The topological polar surface area (TPSA) is 64.4 Å². The third kappa shape index (κ3) is 3.43. The molecule has 18 heavy (non-hydrogen) atoms. The summed E-state index contributed by atoms with van der Waals surface area (Å²) in [4.78, 5) is 10.4. The van der Waals surface area contributed by atoms with Crippen LogP contribution in [0.5, 0.6) is 0 Å². The van der Waals surface area contributed by atoms with E-state index < -0.39 is 0 Å². The lowest BCUT2D eigenvalue weighted by atomic mass is 10.2. The van der Waals surface area contributed by atoms with E-state index in [9.17, 15) is 10.1 Å². The first-order valence-corrected chi connectivity index (χ1v) is 6.23. The van der Waals surface area contributed by atoms with Crippen molar-refractivity contribution in [2.24, 2.45) is 5.92 Å². The number of nitrogens with one attached hydrogen (secondary N) is 1. The molecule has 0 aliphatic heterocycles. The van der Waals surface area contributed by atoms with E-state index in [1.807, 2.05) is 0 Å². The molecule has 98 valence electrons. The van der Waals surface area contributed by atoms with Gasteiger partial charge in [0.2, 0.25) is 0 Å². The molecule has 1 N–H and O–H groups in total. The molecule has 0 spiro atoms. The maximum Gasteiger partial charge on any atom is 0.292 e. The first-order valence-electron chi connectivity index (χ1n) is 6.23. The lowest BCUT2D eigenvalue weighted by Gasteiger charge is -2.07. The maximum atomic E-state index is 10.8. The quantitative estimate of drug-likeness (QED) is 0.459. The minimum Gasteiger partial charge on any atom is -0.383 e. The summed E-state index contributed by atoms with van der Waals surface area (Å²) in [7, 11) is 1.68. The minimum atomic E-state index is -0.385. The number of anilines is 1. The molecule has 1 fully saturated rings. The van der Waals surface area contributed by atoms with E-state index in [2.05, 4.69) is 5.32 Å². The molecule has 1 aromatic rings. The molecule has 0 bridgehead atoms. The van der Waals surface area contributed by atoms with Gasteiger partial charge < -0.3 is 10.1 Å². The van der Waals surface area contributed by atoms with E-state index in [1.165, 1.54) is 18.9 Å². The first-order chi connectivity index (χ1) is 8.70. The van der Waals surface area contributed by atoms with Crippen LogP contribution in [0.3, 0.4) is 0 Å². The largest absolute Gasteiger partial charge is 0.383 e. The van der Waals surface area contributed by atoms with Gasteiger partial charge in [0.25, 0.3) is 5.69 Å². The minimum absolute atomic E-state index is 0.0965. The molecule has 0 heterocycles. The number of hydrogen-bond acceptors (Lipinski definition) is 4. The third-order valence-electron chi connectivity index (χ3n) is 3.16. The van der Waals surface area contributed by atoms with Gasteiger partial charge in [0.15, 0.2) is 0 Å². The van der Waals surface area contributed by atoms with Gasteiger partial charge in [0.1, 0.15) is 5.69 Å². The van der Waals surface area contributed by atoms with E-state index in [0.29, 0.717) is 12.3 Å². The Bertz CT molecular complexity index is 430. The van der Waals surface area contributed by atoms with Gasteiger partial charge in [0, 0.05) is 19.7 Å². The molecule has 0 unspecified atom stereocenters. The van der Waals surface area contributed by atoms with Crippen LogP contribution >= 0.6 is 0 Å². The highest BCUT2D eigenvalue weighted by Crippen LogP contribution is 2.32. The van der Waals surface area contributed by atoms with Crippen LogP contribution in [-0.2, 0) is 11.3 Å². The molecule has 1 aliphatic carbocycles. The predicted octanol–water partition coefficient (Wildman–Crippen LogP) is 2.95. The van der Waals surface area contributed by atoms with E-state index in [1.54, 1.807) is 19.2 Å². The van der Waals surface area contributed by atoms with Crippen molar-refractivity contribution >= 4 is 11.4 Å². The summed E-state index contributed by atoms with van der Waals surface area (Å²) in [6.07, 6.45) is 3.81. The summed E-state index contributed by atoms with van der Waals surface area (Å²) in [5.74, 6) is 0.870. The van der Waals surface area contributed by atoms with Gasteiger partial charge in [-0.1, -0.05) is 12.8 Å². The number of ether oxygens (including phenoxy) is 1. The van der Waals surface area contributed by atoms with Crippen molar-refractivity contribution in [3.05, 3.63) is 33.9 Å². The molecule has 0 amide bonds. The number of nitrogens with zero attached hydrogens (tertiary/aromatic N) is 1. The van der Waals surface area contributed by atoms with Crippen LogP contribution in [-0.4, -0.2) is 18.6 Å². The summed E-state index contributed by atoms with van der Waals surface area (Å²) < 4.78 is 5.57. The van der Waals surface area contributed by atoms with Gasteiger partial charge in [-0.15, -0.1) is 0 Å². The van der Waals surface area contributed by atoms with Gasteiger partial charge in [-0.25, -0.2) is 0 Å². The normalized spacial score (nSPS) is 14.5. The Hall–Kier alpha value is -1.62. The molecule has 5 heteroatoms. The van der Waals surface area contributed by atoms with E-state index in [0.717, 1.165) is 24.5 Å². The van der Waals surface area contributed by atoms with Crippen molar-refractivity contribution in [1.29, 1.82) is 0 Å². The molecule has 5 nitrogen and oxygen atoms in total. The molecule has 0 radical (unpaired) electrons. The van der Waals surface area contributed by atoms with Crippen molar-refractivity contribution in [2.75, 3.05) is 19.0 Å².